The molecular formula is C11H22N2O4. The second-order valence-corrected chi connectivity index (χ2v) is 4.87. The molecule has 0 aromatic carbocycles. The van der Waals surface area contributed by atoms with Gasteiger partial charge in [0, 0.05) is 13.7 Å². The number of ether oxygens (including phenoxy) is 1. The third kappa shape index (κ3) is 6.91. The van der Waals surface area contributed by atoms with Gasteiger partial charge >= 0.3 is 5.97 Å². The highest BCUT2D eigenvalue weighted by Gasteiger charge is 2.32. The maximum atomic E-state index is 11.5. The first-order chi connectivity index (χ1) is 7.79. The van der Waals surface area contributed by atoms with Crippen molar-refractivity contribution in [1.29, 1.82) is 0 Å². The van der Waals surface area contributed by atoms with Crippen LogP contribution in [-0.4, -0.2) is 49.8 Å². The van der Waals surface area contributed by atoms with Crippen LogP contribution >= 0.6 is 0 Å². The molecule has 0 bridgehead atoms. The number of carbonyl (C=O) groups is 2. The molecule has 0 spiro atoms. The van der Waals surface area contributed by atoms with E-state index in [1.54, 1.807) is 27.9 Å². The van der Waals surface area contributed by atoms with Gasteiger partial charge in [-0.2, -0.15) is 0 Å². The molecule has 0 aliphatic rings. The Morgan fingerprint density at radius 1 is 1.35 bits per heavy atom. The Morgan fingerprint density at radius 2 is 1.94 bits per heavy atom. The fourth-order valence-corrected chi connectivity index (χ4v) is 1.24. The quantitative estimate of drug-likeness (QED) is 0.543. The van der Waals surface area contributed by atoms with Crippen LogP contribution in [0.4, 0.5) is 0 Å². The van der Waals surface area contributed by atoms with Crippen LogP contribution < -0.4 is 10.6 Å². The lowest BCUT2D eigenvalue weighted by atomic mass is 9.87. The molecule has 0 fully saturated rings. The van der Waals surface area contributed by atoms with Crippen molar-refractivity contribution < 1.29 is 19.4 Å². The summed E-state index contributed by atoms with van der Waals surface area (Å²) < 4.78 is 4.81. The summed E-state index contributed by atoms with van der Waals surface area (Å²) in [7, 11) is 1.57. The number of methoxy groups -OCH3 is 1. The molecular weight excluding hydrogens is 224 g/mol. The molecule has 0 saturated heterocycles. The van der Waals surface area contributed by atoms with Crippen molar-refractivity contribution in [3.63, 3.8) is 0 Å². The molecule has 6 heteroatoms. The molecule has 0 aliphatic carbocycles. The van der Waals surface area contributed by atoms with Crippen molar-refractivity contribution in [1.82, 2.24) is 10.6 Å². The van der Waals surface area contributed by atoms with E-state index < -0.39 is 17.4 Å². The van der Waals surface area contributed by atoms with Crippen molar-refractivity contribution in [2.75, 3.05) is 26.8 Å². The van der Waals surface area contributed by atoms with E-state index in [1.807, 2.05) is 0 Å². The normalized spacial score (nSPS) is 13.2. The first kappa shape index (κ1) is 15.9. The molecule has 0 aromatic heterocycles. The van der Waals surface area contributed by atoms with Gasteiger partial charge in [-0.15, -0.1) is 0 Å². The van der Waals surface area contributed by atoms with E-state index >= 15 is 0 Å². The van der Waals surface area contributed by atoms with E-state index in [4.69, 9.17) is 9.84 Å². The predicted octanol–water partition coefficient (Wildman–Crippen LogP) is -0.162. The SMILES string of the molecule is COCCNCC(=O)N[C@H](C(=O)O)C(C)(C)C. The van der Waals surface area contributed by atoms with Gasteiger partial charge in [0.05, 0.1) is 13.2 Å². The second-order valence-electron chi connectivity index (χ2n) is 4.87. The molecule has 3 N–H and O–H groups in total. The van der Waals surface area contributed by atoms with Crippen LogP contribution in [0.15, 0.2) is 0 Å². The van der Waals surface area contributed by atoms with Crippen LogP contribution in [0.1, 0.15) is 20.8 Å². The zero-order chi connectivity index (χ0) is 13.5. The summed E-state index contributed by atoms with van der Waals surface area (Å²) in [6.07, 6.45) is 0. The summed E-state index contributed by atoms with van der Waals surface area (Å²) in [5.41, 5.74) is -0.520. The fourth-order valence-electron chi connectivity index (χ4n) is 1.24. The number of aliphatic carboxylic acids is 1. The van der Waals surface area contributed by atoms with Gasteiger partial charge < -0.3 is 20.5 Å². The predicted molar refractivity (Wildman–Crippen MR) is 63.8 cm³/mol. The molecule has 6 nitrogen and oxygen atoms in total. The lowest BCUT2D eigenvalue weighted by Gasteiger charge is -2.27. The minimum Gasteiger partial charge on any atom is -0.480 e. The van der Waals surface area contributed by atoms with Gasteiger partial charge in [-0.3, -0.25) is 4.79 Å². The van der Waals surface area contributed by atoms with E-state index in [9.17, 15) is 9.59 Å². The number of amides is 1. The number of rotatable bonds is 7. The van der Waals surface area contributed by atoms with Gasteiger partial charge in [0.2, 0.25) is 5.91 Å². The summed E-state index contributed by atoms with van der Waals surface area (Å²) in [6.45, 7) is 6.45. The highest BCUT2D eigenvalue weighted by molar-refractivity contribution is 5.85. The third-order valence-corrected chi connectivity index (χ3v) is 2.19. The van der Waals surface area contributed by atoms with E-state index in [0.717, 1.165) is 0 Å². The van der Waals surface area contributed by atoms with Gasteiger partial charge in [0.1, 0.15) is 6.04 Å². The highest BCUT2D eigenvalue weighted by Crippen LogP contribution is 2.19. The van der Waals surface area contributed by atoms with Gasteiger partial charge in [-0.05, 0) is 5.41 Å². The minimum atomic E-state index is -1.03. The summed E-state index contributed by atoms with van der Waals surface area (Å²) in [4.78, 5) is 22.5. The molecule has 0 aliphatic heterocycles. The molecule has 0 radical (unpaired) electrons. The molecule has 0 aromatic rings. The Labute approximate surface area is 102 Å². The van der Waals surface area contributed by atoms with Crippen LogP contribution in [0.5, 0.6) is 0 Å². The largest absolute Gasteiger partial charge is 0.480 e. The Hall–Kier alpha value is -1.14. The fraction of sp³-hybridized carbons (Fsp3) is 0.818. The third-order valence-electron chi connectivity index (χ3n) is 2.19. The molecule has 0 saturated carbocycles. The second kappa shape index (κ2) is 7.24. The lowest BCUT2D eigenvalue weighted by molar-refractivity contribution is -0.144. The van der Waals surface area contributed by atoms with Crippen molar-refractivity contribution >= 4 is 11.9 Å². The number of hydrogen-bond acceptors (Lipinski definition) is 4. The first-order valence-corrected chi connectivity index (χ1v) is 5.51. The van der Waals surface area contributed by atoms with Crippen molar-refractivity contribution in [2.24, 2.45) is 5.41 Å². The summed E-state index contributed by atoms with van der Waals surface area (Å²) >= 11 is 0. The van der Waals surface area contributed by atoms with Gasteiger partial charge in [0.15, 0.2) is 0 Å². The molecule has 0 unspecified atom stereocenters. The highest BCUT2D eigenvalue weighted by atomic mass is 16.5. The maximum Gasteiger partial charge on any atom is 0.326 e. The minimum absolute atomic E-state index is 0.0865. The molecule has 100 valence electrons. The van der Waals surface area contributed by atoms with E-state index in [0.29, 0.717) is 13.2 Å². The zero-order valence-corrected chi connectivity index (χ0v) is 10.9. The maximum absolute atomic E-state index is 11.5. The number of carboxylic acid groups (broad SMARTS) is 1. The Morgan fingerprint density at radius 3 is 2.35 bits per heavy atom. The number of carboxylic acids is 1. The molecule has 0 rings (SSSR count). The van der Waals surface area contributed by atoms with Gasteiger partial charge in [-0.1, -0.05) is 20.8 Å². The first-order valence-electron chi connectivity index (χ1n) is 5.51. The Balaban J connectivity index is 4.11. The van der Waals surface area contributed by atoms with Gasteiger partial charge in [-0.25, -0.2) is 4.79 Å². The topological polar surface area (TPSA) is 87.7 Å². The summed E-state index contributed by atoms with van der Waals surface area (Å²) in [6, 6.07) is -0.890. The average molecular weight is 246 g/mol. The van der Waals surface area contributed by atoms with Crippen molar-refractivity contribution in [2.45, 2.75) is 26.8 Å². The van der Waals surface area contributed by atoms with Crippen LogP contribution in [0, 0.1) is 5.41 Å². The molecule has 1 atom stereocenters. The van der Waals surface area contributed by atoms with Crippen molar-refractivity contribution in [3.05, 3.63) is 0 Å². The van der Waals surface area contributed by atoms with E-state index in [1.165, 1.54) is 0 Å². The van der Waals surface area contributed by atoms with Crippen LogP contribution in [-0.2, 0) is 14.3 Å². The monoisotopic (exact) mass is 246 g/mol. The lowest BCUT2D eigenvalue weighted by Crippen LogP contribution is -2.51. The van der Waals surface area contributed by atoms with Crippen LogP contribution in [0.3, 0.4) is 0 Å². The Kier molecular flexibility index (Phi) is 6.75. The van der Waals surface area contributed by atoms with E-state index in [-0.39, 0.29) is 12.5 Å². The molecule has 1 amide bonds. The number of carbonyl (C=O) groups excluding carboxylic acids is 1. The van der Waals surface area contributed by atoms with Crippen molar-refractivity contribution in [3.8, 4) is 0 Å². The number of nitrogens with one attached hydrogen (secondary N) is 2. The summed E-state index contributed by atoms with van der Waals surface area (Å²) in [5, 5.41) is 14.4. The molecule has 0 heterocycles. The molecule has 17 heavy (non-hydrogen) atoms. The van der Waals surface area contributed by atoms with Gasteiger partial charge in [0.25, 0.3) is 0 Å². The summed E-state index contributed by atoms with van der Waals surface area (Å²) in [5.74, 6) is -1.36. The smallest absolute Gasteiger partial charge is 0.326 e. The average Bonchev–Trinajstić information content (AvgIpc) is 2.19. The zero-order valence-electron chi connectivity index (χ0n) is 10.9. The van der Waals surface area contributed by atoms with E-state index in [2.05, 4.69) is 10.6 Å². The standard InChI is InChI=1S/C11H22N2O4/c1-11(2,3)9(10(15)16)13-8(14)7-12-5-6-17-4/h9,12H,5-7H2,1-4H3,(H,13,14)(H,15,16)/t9-/m1/s1. The van der Waals surface area contributed by atoms with Crippen LogP contribution in [0.25, 0.3) is 0 Å². The number of hydrogen-bond donors (Lipinski definition) is 3. The Bertz CT molecular complexity index is 261. The van der Waals surface area contributed by atoms with Crippen LogP contribution in [0.2, 0.25) is 0 Å².